The molecule has 0 saturated carbocycles. The predicted molar refractivity (Wildman–Crippen MR) is 126 cm³/mol. The van der Waals surface area contributed by atoms with Crippen LogP contribution in [0.1, 0.15) is 38.3 Å². The molecule has 2 aromatic rings. The van der Waals surface area contributed by atoms with Crippen LogP contribution >= 0.6 is 0 Å². The molecule has 1 unspecified atom stereocenters. The first-order valence-electron chi connectivity index (χ1n) is 11.1. The third kappa shape index (κ3) is 6.41. The average Bonchev–Trinajstić information content (AvgIpc) is 2.84. The van der Waals surface area contributed by atoms with Crippen molar-refractivity contribution in [1.82, 2.24) is 14.6 Å². The maximum atomic E-state index is 12.6. The molecular formula is C23H34N4O4S. The highest BCUT2D eigenvalue weighted by Gasteiger charge is 2.23. The molecule has 1 atom stereocenters. The van der Waals surface area contributed by atoms with Gasteiger partial charge in [-0.05, 0) is 42.7 Å². The number of pyridine rings is 1. The Balaban J connectivity index is 1.70. The average molecular weight is 463 g/mol. The van der Waals surface area contributed by atoms with Crippen LogP contribution in [0, 0.1) is 0 Å². The summed E-state index contributed by atoms with van der Waals surface area (Å²) >= 11 is 0. The molecule has 0 amide bonds. The number of hydrogen-bond donors (Lipinski definition) is 2. The van der Waals surface area contributed by atoms with E-state index in [-0.39, 0.29) is 17.0 Å². The van der Waals surface area contributed by atoms with Gasteiger partial charge in [0.2, 0.25) is 10.0 Å². The van der Waals surface area contributed by atoms with Crippen molar-refractivity contribution in [3.05, 3.63) is 48.2 Å². The van der Waals surface area contributed by atoms with Gasteiger partial charge in [0.25, 0.3) is 0 Å². The first kappa shape index (κ1) is 24.4. The van der Waals surface area contributed by atoms with Crippen LogP contribution in [0.5, 0.6) is 5.75 Å². The fourth-order valence-corrected chi connectivity index (χ4v) is 5.11. The summed E-state index contributed by atoms with van der Waals surface area (Å²) in [5, 5.41) is 3.37. The molecule has 9 heteroatoms. The largest absolute Gasteiger partial charge is 0.497 e. The molecule has 1 fully saturated rings. The van der Waals surface area contributed by atoms with E-state index in [1.807, 2.05) is 26.0 Å². The number of morpholine rings is 1. The van der Waals surface area contributed by atoms with Gasteiger partial charge in [-0.3, -0.25) is 4.90 Å². The number of methoxy groups -OCH3 is 1. The van der Waals surface area contributed by atoms with E-state index in [0.717, 1.165) is 31.7 Å². The van der Waals surface area contributed by atoms with Crippen LogP contribution in [-0.2, 0) is 14.8 Å². The van der Waals surface area contributed by atoms with Crippen molar-refractivity contribution < 1.29 is 17.9 Å². The topological polar surface area (TPSA) is 92.8 Å². The Bertz CT molecular complexity index is 925. The lowest BCUT2D eigenvalue weighted by atomic mass is 10.0. The number of aromatic nitrogens is 1. The van der Waals surface area contributed by atoms with Gasteiger partial charge in [-0.25, -0.2) is 18.1 Å². The van der Waals surface area contributed by atoms with Crippen LogP contribution in [-0.4, -0.2) is 64.3 Å². The monoisotopic (exact) mass is 462 g/mol. The minimum absolute atomic E-state index is 0.0726. The fraction of sp³-hybridized carbons (Fsp3) is 0.522. The molecule has 176 valence electrons. The van der Waals surface area contributed by atoms with E-state index in [0.29, 0.717) is 25.6 Å². The number of nitrogens with zero attached hydrogens (tertiary/aromatic N) is 2. The van der Waals surface area contributed by atoms with Crippen LogP contribution in [0.15, 0.2) is 47.5 Å². The smallest absolute Gasteiger partial charge is 0.242 e. The summed E-state index contributed by atoms with van der Waals surface area (Å²) in [6.07, 6.45) is 2.90. The minimum Gasteiger partial charge on any atom is -0.497 e. The molecule has 1 saturated heterocycles. The van der Waals surface area contributed by atoms with Gasteiger partial charge in [-0.2, -0.15) is 0 Å². The van der Waals surface area contributed by atoms with Gasteiger partial charge in [0, 0.05) is 31.9 Å². The molecular weight excluding hydrogens is 428 g/mol. The number of rotatable bonds is 11. The Morgan fingerprint density at radius 1 is 1.09 bits per heavy atom. The van der Waals surface area contributed by atoms with Crippen LogP contribution < -0.4 is 14.8 Å². The van der Waals surface area contributed by atoms with E-state index in [1.54, 1.807) is 19.2 Å². The summed E-state index contributed by atoms with van der Waals surface area (Å²) in [6, 6.07) is 11.5. The van der Waals surface area contributed by atoms with Crippen LogP contribution in [0.4, 0.5) is 5.82 Å². The molecule has 2 N–H and O–H groups in total. The highest BCUT2D eigenvalue weighted by Crippen LogP contribution is 2.25. The second kappa shape index (κ2) is 11.6. The lowest BCUT2D eigenvalue weighted by Gasteiger charge is -2.35. The molecule has 0 aliphatic carbocycles. The van der Waals surface area contributed by atoms with E-state index in [1.165, 1.54) is 11.8 Å². The lowest BCUT2D eigenvalue weighted by molar-refractivity contribution is 0.0187. The summed E-state index contributed by atoms with van der Waals surface area (Å²) in [5.41, 5.74) is 1.17. The van der Waals surface area contributed by atoms with Crippen molar-refractivity contribution in [2.75, 3.05) is 45.3 Å². The number of anilines is 1. The summed E-state index contributed by atoms with van der Waals surface area (Å²) in [4.78, 5) is 6.91. The number of hydrogen-bond acceptors (Lipinski definition) is 7. The first-order chi connectivity index (χ1) is 15.5. The van der Waals surface area contributed by atoms with E-state index in [9.17, 15) is 8.42 Å². The molecule has 1 aromatic carbocycles. The van der Waals surface area contributed by atoms with E-state index < -0.39 is 10.0 Å². The van der Waals surface area contributed by atoms with Gasteiger partial charge >= 0.3 is 0 Å². The van der Waals surface area contributed by atoms with Gasteiger partial charge in [0.1, 0.15) is 16.5 Å². The van der Waals surface area contributed by atoms with Crippen molar-refractivity contribution in [3.63, 3.8) is 0 Å². The molecule has 1 aromatic heterocycles. The Hall–Kier alpha value is -2.20. The van der Waals surface area contributed by atoms with Gasteiger partial charge in [0.15, 0.2) is 0 Å². The first-order valence-corrected chi connectivity index (χ1v) is 12.6. The predicted octanol–water partition coefficient (Wildman–Crippen LogP) is 3.04. The fourth-order valence-electron chi connectivity index (χ4n) is 3.76. The molecule has 0 bridgehead atoms. The highest BCUT2D eigenvalue weighted by atomic mass is 32.2. The maximum Gasteiger partial charge on any atom is 0.242 e. The van der Waals surface area contributed by atoms with E-state index >= 15 is 0 Å². The molecule has 2 heterocycles. The molecule has 1 aliphatic heterocycles. The van der Waals surface area contributed by atoms with Gasteiger partial charge in [0.05, 0.1) is 26.4 Å². The van der Waals surface area contributed by atoms with Crippen LogP contribution in [0.3, 0.4) is 0 Å². The van der Waals surface area contributed by atoms with Crippen LogP contribution in [0.25, 0.3) is 0 Å². The quantitative estimate of drug-likeness (QED) is 0.530. The molecule has 8 nitrogen and oxygen atoms in total. The normalized spacial score (nSPS) is 16.1. The number of benzene rings is 1. The zero-order chi connectivity index (χ0) is 23.0. The molecule has 0 spiro atoms. The minimum atomic E-state index is -3.57. The second-order valence-corrected chi connectivity index (χ2v) is 9.55. The third-order valence-electron chi connectivity index (χ3n) is 5.82. The highest BCUT2D eigenvalue weighted by molar-refractivity contribution is 7.89. The number of sulfonamides is 1. The molecule has 3 rings (SSSR count). The Morgan fingerprint density at radius 2 is 1.78 bits per heavy atom. The molecule has 32 heavy (non-hydrogen) atoms. The van der Waals surface area contributed by atoms with Crippen molar-refractivity contribution in [1.29, 1.82) is 0 Å². The van der Waals surface area contributed by atoms with E-state index in [2.05, 4.69) is 32.1 Å². The van der Waals surface area contributed by atoms with Crippen LogP contribution in [0.2, 0.25) is 0 Å². The molecule has 1 aliphatic rings. The zero-order valence-electron chi connectivity index (χ0n) is 19.1. The van der Waals surface area contributed by atoms with Crippen molar-refractivity contribution in [2.45, 2.75) is 43.7 Å². The zero-order valence-corrected chi connectivity index (χ0v) is 19.9. The van der Waals surface area contributed by atoms with Crippen molar-refractivity contribution in [3.8, 4) is 5.75 Å². The Labute approximate surface area is 191 Å². The number of nitrogens with one attached hydrogen (secondary N) is 2. The molecule has 0 radical (unpaired) electrons. The maximum absolute atomic E-state index is 12.6. The summed E-state index contributed by atoms with van der Waals surface area (Å²) in [6.45, 7) is 7.69. The summed E-state index contributed by atoms with van der Waals surface area (Å²) < 4.78 is 38.7. The van der Waals surface area contributed by atoms with Gasteiger partial charge in [-0.1, -0.05) is 26.0 Å². The Kier molecular flexibility index (Phi) is 8.86. The van der Waals surface area contributed by atoms with Gasteiger partial charge in [-0.15, -0.1) is 0 Å². The number of ether oxygens (including phenoxy) is 2. The standard InChI is InChI=1S/C23H34N4O4S/c1-4-19(5-2)26-32(28,29)21-10-11-23(24-16-21)25-17-22(27-12-14-31-15-13-27)18-6-8-20(30-3)9-7-18/h6-11,16,19,22,26H,4-5,12-15,17H2,1-3H3,(H,24,25). The van der Waals surface area contributed by atoms with Crippen molar-refractivity contribution in [2.24, 2.45) is 0 Å². The third-order valence-corrected chi connectivity index (χ3v) is 7.32. The van der Waals surface area contributed by atoms with Gasteiger partial charge < -0.3 is 14.8 Å². The Morgan fingerprint density at radius 3 is 2.34 bits per heavy atom. The SMILES string of the molecule is CCC(CC)NS(=O)(=O)c1ccc(NCC(c2ccc(OC)cc2)N2CCOCC2)nc1. The second-order valence-electron chi connectivity index (χ2n) is 7.83. The van der Waals surface area contributed by atoms with E-state index in [4.69, 9.17) is 9.47 Å². The summed E-state index contributed by atoms with van der Waals surface area (Å²) in [7, 11) is -1.91. The summed E-state index contributed by atoms with van der Waals surface area (Å²) in [5.74, 6) is 1.46. The lowest BCUT2D eigenvalue weighted by Crippen LogP contribution is -2.41. The van der Waals surface area contributed by atoms with Crippen molar-refractivity contribution >= 4 is 15.8 Å².